The zero-order valence-electron chi connectivity index (χ0n) is 16.3. The molecule has 0 saturated carbocycles. The average Bonchev–Trinajstić information content (AvgIpc) is 3.16. The lowest BCUT2D eigenvalue weighted by Gasteiger charge is -2.32. The first kappa shape index (κ1) is 21.3. The van der Waals surface area contributed by atoms with E-state index in [4.69, 9.17) is 5.11 Å². The molecule has 30 heavy (non-hydrogen) atoms. The minimum absolute atomic E-state index is 0.117. The molecular formula is C21H21N3O5S. The minimum Gasteiger partial charge on any atom is -0.481 e. The Balaban J connectivity index is 1.88. The van der Waals surface area contributed by atoms with E-state index >= 15 is 0 Å². The van der Waals surface area contributed by atoms with Crippen LogP contribution in [0.1, 0.15) is 16.9 Å². The molecule has 0 saturated heterocycles. The van der Waals surface area contributed by atoms with Crippen LogP contribution in [0.3, 0.4) is 0 Å². The van der Waals surface area contributed by atoms with Crippen molar-refractivity contribution in [3.63, 3.8) is 0 Å². The van der Waals surface area contributed by atoms with Gasteiger partial charge in [-0.25, -0.2) is 4.79 Å². The second-order valence-electron chi connectivity index (χ2n) is 6.72. The lowest BCUT2D eigenvalue weighted by atomic mass is 10.1. The molecule has 1 aliphatic rings. The molecule has 3 amide bonds. The number of likely N-dealkylation sites (N-methyl/N-ethyl adjacent to an activating group) is 1. The zero-order valence-corrected chi connectivity index (χ0v) is 17.1. The van der Waals surface area contributed by atoms with Gasteiger partial charge in [0.15, 0.2) is 11.8 Å². The van der Waals surface area contributed by atoms with E-state index in [9.17, 15) is 19.2 Å². The first-order valence-corrected chi connectivity index (χ1v) is 10.1. The van der Waals surface area contributed by atoms with Crippen molar-refractivity contribution in [3.8, 4) is 0 Å². The number of carboxylic acids is 1. The van der Waals surface area contributed by atoms with Crippen molar-refractivity contribution in [2.75, 3.05) is 18.5 Å². The molecule has 1 aliphatic heterocycles. The molecule has 0 bridgehead atoms. The van der Waals surface area contributed by atoms with Crippen molar-refractivity contribution >= 4 is 40.0 Å². The zero-order chi connectivity index (χ0) is 21.7. The molecule has 2 N–H and O–H groups in total. The Morgan fingerprint density at radius 2 is 1.90 bits per heavy atom. The highest BCUT2D eigenvalue weighted by atomic mass is 32.1. The van der Waals surface area contributed by atoms with Gasteiger partial charge in [-0.3, -0.25) is 19.3 Å². The number of urea groups is 1. The second kappa shape index (κ2) is 9.36. The number of rotatable bonds is 7. The quantitative estimate of drug-likeness (QED) is 0.659. The third-order valence-corrected chi connectivity index (χ3v) is 5.60. The van der Waals surface area contributed by atoms with Crippen molar-refractivity contribution < 1.29 is 24.3 Å². The largest absolute Gasteiger partial charge is 0.481 e. The number of thiophene rings is 1. The maximum Gasteiger partial charge on any atom is 0.323 e. The predicted octanol–water partition coefficient (Wildman–Crippen LogP) is 2.25. The molecule has 9 heteroatoms. The van der Waals surface area contributed by atoms with Crippen LogP contribution in [0.5, 0.6) is 0 Å². The Morgan fingerprint density at radius 1 is 1.17 bits per heavy atom. The molecule has 0 aliphatic carbocycles. The molecule has 0 unspecified atom stereocenters. The number of hydrogen-bond acceptors (Lipinski definition) is 5. The molecule has 0 fully saturated rings. The smallest absolute Gasteiger partial charge is 0.323 e. The molecule has 1 atom stereocenters. The lowest BCUT2D eigenvalue weighted by Crippen LogP contribution is -2.57. The van der Waals surface area contributed by atoms with Crippen molar-refractivity contribution in [2.45, 2.75) is 18.9 Å². The lowest BCUT2D eigenvalue weighted by molar-refractivity contribution is -0.137. The number of hydrogen-bond donors (Lipinski definition) is 2. The number of benzene rings is 1. The number of carbonyl (C=O) groups excluding carboxylic acids is 3. The van der Waals surface area contributed by atoms with E-state index in [1.807, 2.05) is 36.4 Å². The summed E-state index contributed by atoms with van der Waals surface area (Å²) in [6.45, 7) is -0.117. The number of nitrogens with zero attached hydrogens (tertiary/aromatic N) is 2. The topological polar surface area (TPSA) is 107 Å². The number of carboxylic acid groups (broad SMARTS) is 1. The summed E-state index contributed by atoms with van der Waals surface area (Å²) >= 11 is 1.30. The van der Waals surface area contributed by atoms with E-state index in [0.717, 1.165) is 15.3 Å². The van der Waals surface area contributed by atoms with Gasteiger partial charge in [-0.2, -0.15) is 0 Å². The Labute approximate surface area is 177 Å². The maximum atomic E-state index is 12.9. The minimum atomic E-state index is -1.34. The number of nitrogens with one attached hydrogen (secondary N) is 1. The van der Waals surface area contributed by atoms with Crippen LogP contribution in [0, 0.1) is 0 Å². The Kier molecular flexibility index (Phi) is 6.63. The summed E-state index contributed by atoms with van der Waals surface area (Å²) in [4.78, 5) is 52.1. The van der Waals surface area contributed by atoms with Crippen LogP contribution in [-0.4, -0.2) is 53.3 Å². The molecule has 0 radical (unpaired) electrons. The van der Waals surface area contributed by atoms with E-state index in [0.29, 0.717) is 11.4 Å². The molecule has 2 heterocycles. The second-order valence-corrected chi connectivity index (χ2v) is 7.86. The van der Waals surface area contributed by atoms with Gasteiger partial charge in [-0.1, -0.05) is 30.3 Å². The number of anilines is 1. The molecule has 8 nitrogen and oxygen atoms in total. The predicted molar refractivity (Wildman–Crippen MR) is 112 cm³/mol. The fourth-order valence-electron chi connectivity index (χ4n) is 3.00. The van der Waals surface area contributed by atoms with E-state index in [2.05, 4.69) is 5.32 Å². The van der Waals surface area contributed by atoms with Crippen LogP contribution in [0.25, 0.3) is 0 Å². The van der Waals surface area contributed by atoms with Gasteiger partial charge < -0.3 is 15.3 Å². The van der Waals surface area contributed by atoms with Crippen LogP contribution in [0.2, 0.25) is 0 Å². The highest BCUT2D eigenvalue weighted by molar-refractivity contribution is 7.16. The summed E-state index contributed by atoms with van der Waals surface area (Å²) in [6, 6.07) is 11.3. The van der Waals surface area contributed by atoms with Crippen molar-refractivity contribution in [1.82, 2.24) is 10.2 Å². The third-order valence-electron chi connectivity index (χ3n) is 4.51. The fourth-order valence-corrected chi connectivity index (χ4v) is 4.06. The molecule has 1 aromatic heterocycles. The molecule has 3 rings (SSSR count). The van der Waals surface area contributed by atoms with Crippen LogP contribution >= 0.6 is 11.3 Å². The van der Waals surface area contributed by atoms with E-state index in [1.54, 1.807) is 6.07 Å². The maximum absolute atomic E-state index is 12.9. The summed E-state index contributed by atoms with van der Waals surface area (Å²) < 4.78 is 0. The van der Waals surface area contributed by atoms with Crippen molar-refractivity contribution in [3.05, 3.63) is 65.2 Å². The number of carbonyl (C=O) groups is 4. The highest BCUT2D eigenvalue weighted by Crippen LogP contribution is 2.31. The van der Waals surface area contributed by atoms with Crippen LogP contribution in [0.15, 0.2) is 54.7 Å². The molecular weight excluding hydrogens is 406 g/mol. The summed E-state index contributed by atoms with van der Waals surface area (Å²) in [5.41, 5.74) is 1.09. The SMILES string of the molecule is CN1C=CC(=O)[C@H](N(C(=O)NCCC(=O)O)c2ccc(Cc3ccccc3)s2)C1=O. The normalized spacial score (nSPS) is 15.9. The first-order chi connectivity index (χ1) is 14.4. The summed E-state index contributed by atoms with van der Waals surface area (Å²) in [5, 5.41) is 11.7. The van der Waals surface area contributed by atoms with Gasteiger partial charge in [0.25, 0.3) is 5.91 Å². The Bertz CT molecular complexity index is 986. The third kappa shape index (κ3) is 4.93. The van der Waals surface area contributed by atoms with Gasteiger partial charge in [0, 0.05) is 37.2 Å². The van der Waals surface area contributed by atoms with Crippen molar-refractivity contribution in [1.29, 1.82) is 0 Å². The summed E-state index contributed by atoms with van der Waals surface area (Å²) in [7, 11) is 1.51. The first-order valence-electron chi connectivity index (χ1n) is 9.27. The van der Waals surface area contributed by atoms with Gasteiger partial charge >= 0.3 is 12.0 Å². The highest BCUT2D eigenvalue weighted by Gasteiger charge is 2.40. The van der Waals surface area contributed by atoms with Gasteiger partial charge in [0.2, 0.25) is 0 Å². The van der Waals surface area contributed by atoms with E-state index < -0.39 is 29.7 Å². The summed E-state index contributed by atoms with van der Waals surface area (Å²) in [6.07, 6.45) is 2.99. The molecule has 156 valence electrons. The van der Waals surface area contributed by atoms with Gasteiger partial charge in [0.05, 0.1) is 6.42 Å². The van der Waals surface area contributed by atoms with E-state index in [1.165, 1.54) is 35.6 Å². The number of amides is 3. The molecule has 0 spiro atoms. The van der Waals surface area contributed by atoms with Crippen LogP contribution in [-0.2, 0) is 20.8 Å². The van der Waals surface area contributed by atoms with Gasteiger partial charge in [-0.15, -0.1) is 11.3 Å². The monoisotopic (exact) mass is 427 g/mol. The number of ketones is 1. The van der Waals surface area contributed by atoms with Crippen LogP contribution < -0.4 is 10.2 Å². The Morgan fingerprint density at radius 3 is 2.60 bits per heavy atom. The standard InChI is InChI=1S/C21H21N3O5S/c1-23-12-10-16(25)19(20(23)28)24(21(29)22-11-9-18(26)27)17-8-7-15(30-17)13-14-5-3-2-4-6-14/h2-8,10,12,19H,9,11,13H2,1H3,(H,22,29)(H,26,27)/t19-/m0/s1. The van der Waals surface area contributed by atoms with Gasteiger partial charge in [0.1, 0.15) is 5.00 Å². The Hall–Kier alpha value is -3.46. The van der Waals surface area contributed by atoms with Gasteiger partial charge in [-0.05, 0) is 17.7 Å². The van der Waals surface area contributed by atoms with E-state index in [-0.39, 0.29) is 13.0 Å². The fraction of sp³-hybridized carbons (Fsp3) is 0.238. The van der Waals surface area contributed by atoms with Crippen LogP contribution in [0.4, 0.5) is 9.80 Å². The average molecular weight is 427 g/mol. The molecule has 2 aromatic rings. The summed E-state index contributed by atoms with van der Waals surface area (Å²) in [5.74, 6) is -2.10. The number of aliphatic carboxylic acids is 1. The molecule has 1 aromatic carbocycles. The van der Waals surface area contributed by atoms with Crippen molar-refractivity contribution in [2.24, 2.45) is 0 Å².